The average Bonchev–Trinajstić information content (AvgIpc) is 2.94. The van der Waals surface area contributed by atoms with Crippen LogP contribution in [-0.4, -0.2) is 69.1 Å². The van der Waals surface area contributed by atoms with Gasteiger partial charge in [-0.3, -0.25) is 19.2 Å². The molecule has 12 nitrogen and oxygen atoms in total. The quantitative estimate of drug-likeness (QED) is 0.153. The highest BCUT2D eigenvalue weighted by Gasteiger charge is 2.32. The summed E-state index contributed by atoms with van der Waals surface area (Å²) in [5, 5.41) is 35.7. The Morgan fingerprint density at radius 2 is 1.34 bits per heavy atom. The normalized spacial score (nSPS) is 14.5. The SMILES string of the molecule is CCC(C)C(NC(=O)C(CCC(=O)O)NC(=O)C(Cc1ccccc1)NC(=O)C(N)Cc1ccc(O)cc1)C(=O)O. The summed E-state index contributed by atoms with van der Waals surface area (Å²) in [6.45, 7) is 3.41. The van der Waals surface area contributed by atoms with Crippen LogP contribution in [0.1, 0.15) is 44.2 Å². The number of amides is 3. The van der Waals surface area contributed by atoms with Gasteiger partial charge in [-0.25, -0.2) is 4.79 Å². The van der Waals surface area contributed by atoms with Crippen molar-refractivity contribution in [3.8, 4) is 5.75 Å². The number of carboxylic acids is 2. The highest BCUT2D eigenvalue weighted by molar-refractivity contribution is 5.94. The second-order valence-electron chi connectivity index (χ2n) is 9.93. The van der Waals surface area contributed by atoms with Crippen molar-refractivity contribution in [2.24, 2.45) is 11.7 Å². The van der Waals surface area contributed by atoms with Crippen molar-refractivity contribution in [1.29, 1.82) is 0 Å². The number of nitrogens with two attached hydrogens (primary N) is 1. The lowest BCUT2D eigenvalue weighted by atomic mass is 9.98. The molecule has 0 spiro atoms. The van der Waals surface area contributed by atoms with Crippen molar-refractivity contribution < 1.29 is 39.3 Å². The zero-order valence-corrected chi connectivity index (χ0v) is 23.1. The Labute approximate surface area is 238 Å². The van der Waals surface area contributed by atoms with Crippen LogP contribution in [0.5, 0.6) is 5.75 Å². The number of phenolic OH excluding ortho intramolecular Hbond substituents is 1. The first-order chi connectivity index (χ1) is 19.4. The molecule has 0 aliphatic carbocycles. The number of hydrogen-bond acceptors (Lipinski definition) is 7. The number of carboxylic acid groups (broad SMARTS) is 2. The zero-order chi connectivity index (χ0) is 30.5. The van der Waals surface area contributed by atoms with Crippen molar-refractivity contribution >= 4 is 29.7 Å². The van der Waals surface area contributed by atoms with Gasteiger partial charge in [-0.1, -0.05) is 62.7 Å². The molecule has 222 valence electrons. The van der Waals surface area contributed by atoms with Gasteiger partial charge in [0.2, 0.25) is 17.7 Å². The van der Waals surface area contributed by atoms with E-state index in [1.54, 1.807) is 56.3 Å². The van der Waals surface area contributed by atoms with Crippen molar-refractivity contribution in [3.63, 3.8) is 0 Å². The summed E-state index contributed by atoms with van der Waals surface area (Å²) in [6, 6.07) is 10.1. The van der Waals surface area contributed by atoms with Crippen LogP contribution in [0.3, 0.4) is 0 Å². The van der Waals surface area contributed by atoms with E-state index < -0.39 is 66.2 Å². The second kappa shape index (κ2) is 16.0. The van der Waals surface area contributed by atoms with Crippen LogP contribution >= 0.6 is 0 Å². The summed E-state index contributed by atoms with van der Waals surface area (Å²) in [4.78, 5) is 62.4. The first kappa shape index (κ1) is 32.8. The van der Waals surface area contributed by atoms with E-state index in [2.05, 4.69) is 16.0 Å². The Hall–Kier alpha value is -4.45. The van der Waals surface area contributed by atoms with Gasteiger partial charge >= 0.3 is 11.9 Å². The first-order valence-electron chi connectivity index (χ1n) is 13.3. The van der Waals surface area contributed by atoms with Crippen LogP contribution in [0.25, 0.3) is 0 Å². The Balaban J connectivity index is 2.24. The molecule has 5 unspecified atom stereocenters. The lowest BCUT2D eigenvalue weighted by Crippen LogP contribution is -2.58. The summed E-state index contributed by atoms with van der Waals surface area (Å²) >= 11 is 0. The van der Waals surface area contributed by atoms with Crippen LogP contribution in [0, 0.1) is 5.92 Å². The summed E-state index contributed by atoms with van der Waals surface area (Å²) in [7, 11) is 0. The molecule has 0 heterocycles. The summed E-state index contributed by atoms with van der Waals surface area (Å²) in [6.07, 6.45) is -0.137. The largest absolute Gasteiger partial charge is 0.508 e. The highest BCUT2D eigenvalue weighted by atomic mass is 16.4. The number of hydrogen-bond donors (Lipinski definition) is 7. The number of carbonyl (C=O) groups excluding carboxylic acids is 3. The van der Waals surface area contributed by atoms with Crippen LogP contribution in [0.4, 0.5) is 0 Å². The average molecular weight is 571 g/mol. The van der Waals surface area contributed by atoms with Crippen molar-refractivity contribution in [3.05, 3.63) is 65.7 Å². The molecule has 12 heteroatoms. The number of aromatic hydroxyl groups is 1. The summed E-state index contributed by atoms with van der Waals surface area (Å²) in [5.41, 5.74) is 7.49. The minimum atomic E-state index is -1.37. The molecule has 0 bridgehead atoms. The lowest BCUT2D eigenvalue weighted by Gasteiger charge is -2.26. The monoisotopic (exact) mass is 570 g/mol. The van der Waals surface area contributed by atoms with Gasteiger partial charge in [0.25, 0.3) is 0 Å². The molecule has 5 atom stereocenters. The first-order valence-corrected chi connectivity index (χ1v) is 13.3. The van der Waals surface area contributed by atoms with Crippen LogP contribution in [-0.2, 0) is 36.8 Å². The number of carbonyl (C=O) groups is 5. The van der Waals surface area contributed by atoms with Crippen molar-refractivity contribution in [1.82, 2.24) is 16.0 Å². The van der Waals surface area contributed by atoms with Gasteiger partial charge in [0.1, 0.15) is 23.9 Å². The van der Waals surface area contributed by atoms with Crippen LogP contribution < -0.4 is 21.7 Å². The van der Waals surface area contributed by atoms with Gasteiger partial charge in [0.05, 0.1) is 6.04 Å². The molecule has 3 amide bonds. The molecule has 0 aliphatic rings. The molecule has 0 radical (unpaired) electrons. The predicted molar refractivity (Wildman–Crippen MR) is 150 cm³/mol. The maximum absolute atomic E-state index is 13.4. The number of nitrogens with one attached hydrogen (secondary N) is 3. The van der Waals surface area contributed by atoms with Crippen LogP contribution in [0.2, 0.25) is 0 Å². The van der Waals surface area contributed by atoms with Gasteiger partial charge in [-0.05, 0) is 42.0 Å². The third-order valence-electron chi connectivity index (χ3n) is 6.70. The fourth-order valence-electron chi connectivity index (χ4n) is 4.06. The molecule has 8 N–H and O–H groups in total. The molecule has 0 aromatic heterocycles. The smallest absolute Gasteiger partial charge is 0.326 e. The molecule has 0 fully saturated rings. The third kappa shape index (κ3) is 10.9. The van der Waals surface area contributed by atoms with Crippen molar-refractivity contribution in [2.75, 3.05) is 0 Å². The van der Waals surface area contributed by atoms with Gasteiger partial charge in [-0.2, -0.15) is 0 Å². The molecular formula is C29H38N4O8. The van der Waals surface area contributed by atoms with E-state index in [1.165, 1.54) is 12.1 Å². The lowest BCUT2D eigenvalue weighted by molar-refractivity contribution is -0.144. The molecular weight excluding hydrogens is 532 g/mol. The number of phenols is 1. The zero-order valence-electron chi connectivity index (χ0n) is 23.1. The van der Waals surface area contributed by atoms with Gasteiger partial charge in [0.15, 0.2) is 0 Å². The molecule has 0 aliphatic heterocycles. The third-order valence-corrected chi connectivity index (χ3v) is 6.70. The Bertz CT molecular complexity index is 1190. The van der Waals surface area contributed by atoms with E-state index in [9.17, 15) is 39.3 Å². The van der Waals surface area contributed by atoms with Gasteiger partial charge in [-0.15, -0.1) is 0 Å². The highest BCUT2D eigenvalue weighted by Crippen LogP contribution is 2.12. The molecule has 2 rings (SSSR count). The Kier molecular flexibility index (Phi) is 12.8. The van der Waals surface area contributed by atoms with E-state index in [4.69, 9.17) is 5.73 Å². The number of aliphatic carboxylic acids is 2. The van der Waals surface area contributed by atoms with Gasteiger partial charge in [0, 0.05) is 12.8 Å². The minimum Gasteiger partial charge on any atom is -0.508 e. The predicted octanol–water partition coefficient (Wildman–Crippen LogP) is 0.955. The maximum atomic E-state index is 13.4. The standard InChI is InChI=1S/C29H38N4O8/c1-3-17(2)25(29(40)41)33-27(38)22(13-14-24(35)36)31-28(39)23(16-18-7-5-4-6-8-18)32-26(37)21(30)15-19-9-11-20(34)12-10-19/h4-12,17,21-23,25,34H,3,13-16,30H2,1-2H3,(H,31,39)(H,32,37)(H,33,38)(H,35,36)(H,40,41). The van der Waals surface area contributed by atoms with E-state index in [0.717, 1.165) is 0 Å². The Morgan fingerprint density at radius 3 is 1.90 bits per heavy atom. The molecule has 0 saturated heterocycles. The molecule has 2 aromatic rings. The van der Waals surface area contributed by atoms with E-state index in [1.807, 2.05) is 0 Å². The fourth-order valence-corrected chi connectivity index (χ4v) is 4.06. The van der Waals surface area contributed by atoms with E-state index >= 15 is 0 Å². The number of benzene rings is 2. The summed E-state index contributed by atoms with van der Waals surface area (Å²) in [5.74, 6) is -5.07. The van der Waals surface area contributed by atoms with Gasteiger partial charge < -0.3 is 37.0 Å². The molecule has 41 heavy (non-hydrogen) atoms. The van der Waals surface area contributed by atoms with Crippen molar-refractivity contribution in [2.45, 2.75) is 70.1 Å². The molecule has 2 aromatic carbocycles. The van der Waals surface area contributed by atoms with Crippen LogP contribution in [0.15, 0.2) is 54.6 Å². The topological polar surface area (TPSA) is 208 Å². The fraction of sp³-hybridized carbons (Fsp3) is 0.414. The minimum absolute atomic E-state index is 0.0439. The number of rotatable bonds is 16. The molecule has 0 saturated carbocycles. The summed E-state index contributed by atoms with van der Waals surface area (Å²) < 4.78 is 0. The maximum Gasteiger partial charge on any atom is 0.326 e. The second-order valence-corrected chi connectivity index (χ2v) is 9.93. The Morgan fingerprint density at radius 1 is 0.780 bits per heavy atom. The van der Waals surface area contributed by atoms with E-state index in [0.29, 0.717) is 17.5 Å². The van der Waals surface area contributed by atoms with E-state index in [-0.39, 0.29) is 25.0 Å².